The van der Waals surface area contributed by atoms with Crippen molar-refractivity contribution in [3.05, 3.63) is 41.6 Å². The maximum Gasteiger partial charge on any atom is 0.265 e. The molecule has 0 aromatic heterocycles. The highest BCUT2D eigenvalue weighted by atomic mass is 32.2. The van der Waals surface area contributed by atoms with Crippen molar-refractivity contribution in [3.63, 3.8) is 0 Å². The fourth-order valence-corrected chi connectivity index (χ4v) is 4.01. The highest BCUT2D eigenvalue weighted by molar-refractivity contribution is 7.89. The van der Waals surface area contributed by atoms with Gasteiger partial charge in [-0.15, -0.1) is 0 Å². The molecule has 0 amide bonds. The van der Waals surface area contributed by atoms with Gasteiger partial charge in [-0.25, -0.2) is 12.7 Å². The number of hydrogen-bond donors (Lipinski definition) is 0. The van der Waals surface area contributed by atoms with Crippen LogP contribution in [0.4, 0.5) is 0 Å². The summed E-state index contributed by atoms with van der Waals surface area (Å²) in [5, 5.41) is 0. The van der Waals surface area contributed by atoms with E-state index < -0.39 is 16.3 Å². The highest BCUT2D eigenvalue weighted by Crippen LogP contribution is 2.29. The van der Waals surface area contributed by atoms with Gasteiger partial charge in [0, 0.05) is 6.20 Å². The number of sulfonamides is 1. The third kappa shape index (κ3) is 3.14. The second-order valence-corrected chi connectivity index (χ2v) is 7.26. The van der Waals surface area contributed by atoms with Crippen molar-refractivity contribution in [2.24, 2.45) is 0 Å². The van der Waals surface area contributed by atoms with Crippen molar-refractivity contribution < 1.29 is 13.2 Å². The van der Waals surface area contributed by atoms with Crippen molar-refractivity contribution in [2.75, 3.05) is 0 Å². The molecule has 1 aliphatic rings. The minimum atomic E-state index is -3.57. The molecule has 0 spiro atoms. The summed E-state index contributed by atoms with van der Waals surface area (Å²) in [5.74, 6) is 0. The lowest BCUT2D eigenvalue weighted by molar-refractivity contribution is -0.0569. The van der Waals surface area contributed by atoms with Gasteiger partial charge < -0.3 is 4.74 Å². The van der Waals surface area contributed by atoms with Gasteiger partial charge in [-0.3, -0.25) is 0 Å². The third-order valence-electron chi connectivity index (χ3n) is 3.76. The van der Waals surface area contributed by atoms with Gasteiger partial charge in [-0.1, -0.05) is 31.5 Å². The summed E-state index contributed by atoms with van der Waals surface area (Å²) in [5.41, 5.74) is 1.98. The topological polar surface area (TPSA) is 46.6 Å². The van der Waals surface area contributed by atoms with E-state index in [1.54, 1.807) is 18.3 Å². The van der Waals surface area contributed by atoms with Gasteiger partial charge in [-0.2, -0.15) is 0 Å². The number of rotatable bonds is 4. The molecular formula is C16H23NO3S. The van der Waals surface area contributed by atoms with Crippen LogP contribution < -0.4 is 0 Å². The summed E-state index contributed by atoms with van der Waals surface area (Å²) in [4.78, 5) is 0.300. The van der Waals surface area contributed by atoms with Crippen LogP contribution in [0.1, 0.15) is 39.2 Å². The summed E-state index contributed by atoms with van der Waals surface area (Å²) in [6.45, 7) is 7.82. The molecule has 2 atom stereocenters. The predicted octanol–water partition coefficient (Wildman–Crippen LogP) is 3.43. The first-order valence-electron chi connectivity index (χ1n) is 7.34. The molecular weight excluding hydrogens is 286 g/mol. The fraction of sp³-hybridized carbons (Fsp3) is 0.500. The van der Waals surface area contributed by atoms with Gasteiger partial charge in [0.1, 0.15) is 6.23 Å². The first kappa shape index (κ1) is 16.0. The summed E-state index contributed by atoms with van der Waals surface area (Å²) in [6.07, 6.45) is 2.74. The number of aryl methyl sites for hydroxylation is 1. The summed E-state index contributed by atoms with van der Waals surface area (Å²) < 4.78 is 32.9. The minimum absolute atomic E-state index is 0.000539. The van der Waals surface area contributed by atoms with E-state index in [-0.39, 0.29) is 6.10 Å². The number of benzene rings is 1. The molecule has 21 heavy (non-hydrogen) atoms. The minimum Gasteiger partial charge on any atom is -0.350 e. The largest absolute Gasteiger partial charge is 0.350 e. The lowest BCUT2D eigenvalue weighted by Crippen LogP contribution is -2.44. The van der Waals surface area contributed by atoms with Gasteiger partial charge in [-0.05, 0) is 44.4 Å². The molecule has 0 saturated heterocycles. The lowest BCUT2D eigenvalue weighted by Gasteiger charge is -2.37. The fourth-order valence-electron chi connectivity index (χ4n) is 2.47. The molecule has 1 heterocycles. The van der Waals surface area contributed by atoms with E-state index in [1.807, 2.05) is 39.8 Å². The maximum absolute atomic E-state index is 12.8. The average Bonchev–Trinajstić information content (AvgIpc) is 2.47. The molecule has 0 radical (unpaired) electrons. The Labute approximate surface area is 127 Å². The average molecular weight is 309 g/mol. The maximum atomic E-state index is 12.8. The Kier molecular flexibility index (Phi) is 4.74. The van der Waals surface area contributed by atoms with E-state index in [0.29, 0.717) is 11.3 Å². The van der Waals surface area contributed by atoms with Crippen LogP contribution in [0.25, 0.3) is 0 Å². The Hall–Kier alpha value is -1.33. The van der Waals surface area contributed by atoms with Crippen molar-refractivity contribution in [1.29, 1.82) is 0 Å². The van der Waals surface area contributed by atoms with Crippen molar-refractivity contribution in [1.82, 2.24) is 4.31 Å². The van der Waals surface area contributed by atoms with E-state index in [0.717, 1.165) is 17.6 Å². The van der Waals surface area contributed by atoms with Gasteiger partial charge in [0.15, 0.2) is 0 Å². The van der Waals surface area contributed by atoms with Gasteiger partial charge in [0.05, 0.1) is 11.0 Å². The van der Waals surface area contributed by atoms with Crippen LogP contribution in [-0.2, 0) is 14.8 Å². The number of hydrogen-bond acceptors (Lipinski definition) is 3. The number of nitrogens with zero attached hydrogens (tertiary/aromatic N) is 1. The van der Waals surface area contributed by atoms with Crippen LogP contribution in [0, 0.1) is 6.92 Å². The summed E-state index contributed by atoms with van der Waals surface area (Å²) >= 11 is 0. The number of ether oxygens (including phenoxy) is 1. The third-order valence-corrected chi connectivity index (χ3v) is 5.52. The van der Waals surface area contributed by atoms with Crippen LogP contribution in [0.2, 0.25) is 0 Å². The van der Waals surface area contributed by atoms with E-state index in [2.05, 4.69) is 0 Å². The second kappa shape index (κ2) is 6.20. The molecule has 1 aliphatic heterocycles. The molecule has 1 aromatic rings. The first-order valence-corrected chi connectivity index (χ1v) is 8.78. The SMILES string of the molecule is CC[C@@H]1O[C@@H](CC)N(S(=O)(=O)c2ccc(C)cc2)C=C1C. The van der Waals surface area contributed by atoms with Crippen LogP contribution in [0.5, 0.6) is 0 Å². The van der Waals surface area contributed by atoms with E-state index in [9.17, 15) is 8.42 Å². The molecule has 0 fully saturated rings. The molecule has 0 unspecified atom stereocenters. The molecule has 0 N–H and O–H groups in total. The molecule has 116 valence electrons. The molecule has 0 aliphatic carbocycles. The van der Waals surface area contributed by atoms with Gasteiger partial charge in [0.2, 0.25) is 0 Å². The molecule has 0 saturated carbocycles. The van der Waals surface area contributed by atoms with E-state index >= 15 is 0 Å². The Morgan fingerprint density at radius 3 is 2.24 bits per heavy atom. The van der Waals surface area contributed by atoms with Crippen LogP contribution in [-0.4, -0.2) is 25.1 Å². The lowest BCUT2D eigenvalue weighted by atomic mass is 10.1. The Morgan fingerprint density at radius 2 is 1.71 bits per heavy atom. The van der Waals surface area contributed by atoms with E-state index in [1.165, 1.54) is 4.31 Å². The Bertz CT molecular complexity index is 619. The monoisotopic (exact) mass is 309 g/mol. The zero-order valence-electron chi connectivity index (χ0n) is 13.0. The van der Waals surface area contributed by atoms with Gasteiger partial charge >= 0.3 is 0 Å². The van der Waals surface area contributed by atoms with Crippen molar-refractivity contribution in [2.45, 2.75) is 57.8 Å². The second-order valence-electron chi connectivity index (χ2n) is 5.42. The quantitative estimate of drug-likeness (QED) is 0.856. The van der Waals surface area contributed by atoms with Crippen LogP contribution in [0.15, 0.2) is 40.9 Å². The standard InChI is InChI=1S/C16H23NO3S/c1-5-15-13(4)11-17(16(6-2)20-15)21(18,19)14-9-7-12(3)8-10-14/h7-11,15-16H,5-6H2,1-4H3/t15-,16-/m0/s1. The molecule has 2 rings (SSSR count). The smallest absolute Gasteiger partial charge is 0.265 e. The van der Waals surface area contributed by atoms with Crippen LogP contribution in [0.3, 0.4) is 0 Å². The molecule has 5 heteroatoms. The first-order chi connectivity index (χ1) is 9.90. The Balaban J connectivity index is 2.42. The summed E-state index contributed by atoms with van der Waals surface area (Å²) in [6, 6.07) is 6.91. The zero-order valence-corrected chi connectivity index (χ0v) is 13.9. The predicted molar refractivity (Wildman–Crippen MR) is 83.2 cm³/mol. The normalized spacial score (nSPS) is 23.0. The van der Waals surface area contributed by atoms with E-state index in [4.69, 9.17) is 4.74 Å². The van der Waals surface area contributed by atoms with Gasteiger partial charge in [0.25, 0.3) is 10.0 Å². The molecule has 4 nitrogen and oxygen atoms in total. The molecule has 0 bridgehead atoms. The molecule has 1 aromatic carbocycles. The van der Waals surface area contributed by atoms with Crippen molar-refractivity contribution >= 4 is 10.0 Å². The Morgan fingerprint density at radius 1 is 1.10 bits per heavy atom. The highest BCUT2D eigenvalue weighted by Gasteiger charge is 2.34. The summed E-state index contributed by atoms with van der Waals surface area (Å²) in [7, 11) is -3.57. The zero-order chi connectivity index (χ0) is 15.6. The van der Waals surface area contributed by atoms with Crippen molar-refractivity contribution in [3.8, 4) is 0 Å². The van der Waals surface area contributed by atoms with Crippen LogP contribution >= 0.6 is 0 Å².